The standard InChI is InChI=1S/C20H27NO4/c1-12(2)7-6-8-13(3)9-10-16-17(23)11-14(4)18(19(16)24)20(25)21-15(5)22/h7,9,11,23-24H,6,8,10H2,1-5H3,(H,21,22,25)/b13-9+. The number of amides is 2. The SMILES string of the molecule is CC(=O)NC(=O)c1c(C)cc(O)c(C/C=C(\C)CCC=C(C)C)c1O. The van der Waals surface area contributed by atoms with E-state index in [0.29, 0.717) is 12.0 Å². The molecule has 0 aliphatic carbocycles. The van der Waals surface area contributed by atoms with E-state index < -0.39 is 11.8 Å². The lowest BCUT2D eigenvalue weighted by Crippen LogP contribution is -2.28. The molecular weight excluding hydrogens is 318 g/mol. The number of hydrogen-bond acceptors (Lipinski definition) is 4. The fourth-order valence-electron chi connectivity index (χ4n) is 2.50. The Labute approximate surface area is 149 Å². The molecule has 0 atom stereocenters. The number of phenols is 2. The van der Waals surface area contributed by atoms with E-state index in [9.17, 15) is 19.8 Å². The van der Waals surface area contributed by atoms with Crippen LogP contribution in [0.1, 0.15) is 62.0 Å². The molecule has 1 rings (SSSR count). The first-order valence-electron chi connectivity index (χ1n) is 8.28. The van der Waals surface area contributed by atoms with Gasteiger partial charge in [-0.25, -0.2) is 0 Å². The maximum Gasteiger partial charge on any atom is 0.261 e. The molecule has 0 saturated carbocycles. The average molecular weight is 345 g/mol. The molecule has 0 radical (unpaired) electrons. The van der Waals surface area contributed by atoms with Crippen LogP contribution >= 0.6 is 0 Å². The first-order chi connectivity index (χ1) is 11.6. The topological polar surface area (TPSA) is 86.6 Å². The van der Waals surface area contributed by atoms with E-state index in [4.69, 9.17) is 0 Å². The molecule has 25 heavy (non-hydrogen) atoms. The lowest BCUT2D eigenvalue weighted by molar-refractivity contribution is -0.118. The predicted octanol–water partition coefficient (Wildman–Crippen LogP) is 3.92. The number of carbonyl (C=O) groups excluding carboxylic acids is 2. The molecule has 0 bridgehead atoms. The number of hydrogen-bond donors (Lipinski definition) is 3. The number of imide groups is 1. The third-order valence-corrected chi connectivity index (χ3v) is 3.84. The minimum absolute atomic E-state index is 0.0126. The van der Waals surface area contributed by atoms with Crippen LogP contribution in [0.3, 0.4) is 0 Å². The third kappa shape index (κ3) is 6.10. The summed E-state index contributed by atoms with van der Waals surface area (Å²) >= 11 is 0. The Morgan fingerprint density at radius 3 is 2.32 bits per heavy atom. The van der Waals surface area contributed by atoms with E-state index in [1.165, 1.54) is 18.6 Å². The first kappa shape index (κ1) is 20.5. The smallest absolute Gasteiger partial charge is 0.261 e. The van der Waals surface area contributed by atoms with Crippen molar-refractivity contribution in [2.24, 2.45) is 0 Å². The summed E-state index contributed by atoms with van der Waals surface area (Å²) in [6.07, 6.45) is 6.20. The zero-order chi connectivity index (χ0) is 19.1. The van der Waals surface area contributed by atoms with Crippen molar-refractivity contribution in [1.29, 1.82) is 0 Å². The summed E-state index contributed by atoms with van der Waals surface area (Å²) in [6, 6.07) is 1.43. The number of allylic oxidation sites excluding steroid dienone is 4. The van der Waals surface area contributed by atoms with Gasteiger partial charge in [0.25, 0.3) is 5.91 Å². The van der Waals surface area contributed by atoms with Gasteiger partial charge in [-0.3, -0.25) is 14.9 Å². The number of aryl methyl sites for hydroxylation is 1. The zero-order valence-electron chi connectivity index (χ0n) is 15.6. The van der Waals surface area contributed by atoms with E-state index in [-0.39, 0.29) is 22.6 Å². The van der Waals surface area contributed by atoms with Gasteiger partial charge in [-0.05, 0) is 58.6 Å². The second-order valence-corrected chi connectivity index (χ2v) is 6.50. The number of nitrogens with one attached hydrogen (secondary N) is 1. The molecular formula is C20H27NO4. The van der Waals surface area contributed by atoms with E-state index >= 15 is 0 Å². The Hall–Kier alpha value is -2.56. The van der Waals surface area contributed by atoms with Crippen LogP contribution in [0.2, 0.25) is 0 Å². The number of phenolic OH excluding ortho intramolecular Hbond substituents is 2. The van der Waals surface area contributed by atoms with Crippen molar-refractivity contribution in [3.8, 4) is 11.5 Å². The molecule has 0 unspecified atom stereocenters. The van der Waals surface area contributed by atoms with E-state index in [0.717, 1.165) is 18.4 Å². The van der Waals surface area contributed by atoms with Crippen LogP contribution in [-0.2, 0) is 11.2 Å². The molecule has 0 saturated heterocycles. The highest BCUT2D eigenvalue weighted by Crippen LogP contribution is 2.34. The largest absolute Gasteiger partial charge is 0.508 e. The minimum Gasteiger partial charge on any atom is -0.508 e. The third-order valence-electron chi connectivity index (χ3n) is 3.84. The fraction of sp³-hybridized carbons (Fsp3) is 0.400. The van der Waals surface area contributed by atoms with Crippen molar-refractivity contribution in [2.45, 2.75) is 53.9 Å². The zero-order valence-corrected chi connectivity index (χ0v) is 15.6. The maximum absolute atomic E-state index is 12.1. The quantitative estimate of drug-likeness (QED) is 0.682. The summed E-state index contributed by atoms with van der Waals surface area (Å²) in [5.74, 6) is -1.53. The second-order valence-electron chi connectivity index (χ2n) is 6.50. The van der Waals surface area contributed by atoms with E-state index in [1.54, 1.807) is 6.92 Å². The minimum atomic E-state index is -0.673. The van der Waals surface area contributed by atoms with Crippen LogP contribution in [0, 0.1) is 6.92 Å². The van der Waals surface area contributed by atoms with Gasteiger partial charge >= 0.3 is 0 Å². The molecule has 5 nitrogen and oxygen atoms in total. The summed E-state index contributed by atoms with van der Waals surface area (Å²) in [6.45, 7) is 8.91. The molecule has 0 aliphatic rings. The Kier molecular flexibility index (Phi) is 7.43. The summed E-state index contributed by atoms with van der Waals surface area (Å²) in [4.78, 5) is 23.2. The summed E-state index contributed by atoms with van der Waals surface area (Å²) in [5.41, 5.74) is 3.09. The molecule has 1 aromatic carbocycles. The van der Waals surface area contributed by atoms with E-state index in [2.05, 4.69) is 25.2 Å². The first-order valence-corrected chi connectivity index (χ1v) is 8.28. The van der Waals surface area contributed by atoms with Crippen LogP contribution in [0.4, 0.5) is 0 Å². The van der Waals surface area contributed by atoms with Crippen molar-refractivity contribution in [3.63, 3.8) is 0 Å². The van der Waals surface area contributed by atoms with Crippen LogP contribution < -0.4 is 5.32 Å². The van der Waals surface area contributed by atoms with Gasteiger partial charge in [0, 0.05) is 12.5 Å². The van der Waals surface area contributed by atoms with Gasteiger partial charge in [0.05, 0.1) is 5.56 Å². The summed E-state index contributed by atoms with van der Waals surface area (Å²) in [5, 5.41) is 22.7. The van der Waals surface area contributed by atoms with Gasteiger partial charge in [0.15, 0.2) is 0 Å². The Bertz CT molecular complexity index is 726. The van der Waals surface area contributed by atoms with Gasteiger partial charge in [0.1, 0.15) is 11.5 Å². The van der Waals surface area contributed by atoms with Crippen LogP contribution in [0.5, 0.6) is 11.5 Å². The van der Waals surface area contributed by atoms with Crippen molar-refractivity contribution < 1.29 is 19.8 Å². The monoisotopic (exact) mass is 345 g/mol. The highest BCUT2D eigenvalue weighted by molar-refractivity contribution is 6.07. The molecule has 2 amide bonds. The van der Waals surface area contributed by atoms with Crippen molar-refractivity contribution in [1.82, 2.24) is 5.32 Å². The molecule has 0 heterocycles. The summed E-state index contributed by atoms with van der Waals surface area (Å²) in [7, 11) is 0. The molecule has 0 aliphatic heterocycles. The molecule has 3 N–H and O–H groups in total. The van der Waals surface area contributed by atoms with Gasteiger partial charge in [0.2, 0.25) is 5.91 Å². The fourth-order valence-corrected chi connectivity index (χ4v) is 2.50. The van der Waals surface area contributed by atoms with Gasteiger partial charge in [-0.2, -0.15) is 0 Å². The molecule has 1 aromatic rings. The van der Waals surface area contributed by atoms with Gasteiger partial charge in [-0.15, -0.1) is 0 Å². The highest BCUT2D eigenvalue weighted by atomic mass is 16.3. The summed E-state index contributed by atoms with van der Waals surface area (Å²) < 4.78 is 0. The van der Waals surface area contributed by atoms with Crippen molar-refractivity contribution in [2.75, 3.05) is 0 Å². The molecule has 136 valence electrons. The number of rotatable bonds is 6. The lowest BCUT2D eigenvalue weighted by Gasteiger charge is -2.13. The molecule has 5 heteroatoms. The van der Waals surface area contributed by atoms with Crippen LogP contribution in [0.25, 0.3) is 0 Å². The second kappa shape index (κ2) is 9.06. The number of carbonyl (C=O) groups is 2. The highest BCUT2D eigenvalue weighted by Gasteiger charge is 2.21. The van der Waals surface area contributed by atoms with Gasteiger partial charge in [-0.1, -0.05) is 23.3 Å². The number of aromatic hydroxyl groups is 2. The predicted molar refractivity (Wildman–Crippen MR) is 98.8 cm³/mol. The Morgan fingerprint density at radius 1 is 1.12 bits per heavy atom. The van der Waals surface area contributed by atoms with Crippen molar-refractivity contribution in [3.05, 3.63) is 46.1 Å². The van der Waals surface area contributed by atoms with Crippen LogP contribution in [0.15, 0.2) is 29.4 Å². The maximum atomic E-state index is 12.1. The normalized spacial score (nSPS) is 11.2. The Balaban J connectivity index is 3.06. The van der Waals surface area contributed by atoms with Crippen molar-refractivity contribution >= 4 is 11.8 Å². The Morgan fingerprint density at radius 2 is 1.76 bits per heavy atom. The molecule has 0 fully saturated rings. The van der Waals surface area contributed by atoms with E-state index in [1.807, 2.05) is 13.0 Å². The van der Waals surface area contributed by atoms with Crippen LogP contribution in [-0.4, -0.2) is 22.0 Å². The molecule has 0 spiro atoms. The molecule has 0 aromatic heterocycles. The van der Waals surface area contributed by atoms with Gasteiger partial charge < -0.3 is 10.2 Å². The average Bonchev–Trinajstić information content (AvgIpc) is 2.45. The lowest BCUT2D eigenvalue weighted by atomic mass is 9.98. The number of benzene rings is 1.